The van der Waals surface area contributed by atoms with Crippen molar-refractivity contribution in [1.82, 2.24) is 10.2 Å². The van der Waals surface area contributed by atoms with Gasteiger partial charge in [0.05, 0.1) is 0 Å². The second-order valence-electron chi connectivity index (χ2n) is 5.92. The monoisotopic (exact) mass is 294 g/mol. The molecule has 1 aromatic carbocycles. The minimum absolute atomic E-state index is 0.105. The Bertz CT molecular complexity index is 406. The summed E-state index contributed by atoms with van der Waals surface area (Å²) in [5, 5.41) is 3.47. The van der Waals surface area contributed by atoms with Crippen LogP contribution in [0.3, 0.4) is 0 Å². The summed E-state index contributed by atoms with van der Waals surface area (Å²) in [5.74, 6) is -0.105. The fraction of sp³-hybridized carbons (Fsp3) is 0.667. The van der Waals surface area contributed by atoms with E-state index < -0.39 is 0 Å². The first kappa shape index (κ1) is 18.1. The number of aryl methyl sites for hydroxylation is 1. The normalized spacial score (nSPS) is 12.9. The number of halogens is 1. The van der Waals surface area contributed by atoms with Gasteiger partial charge in [0.25, 0.3) is 0 Å². The van der Waals surface area contributed by atoms with E-state index in [9.17, 15) is 4.39 Å². The van der Waals surface area contributed by atoms with Crippen molar-refractivity contribution in [3.8, 4) is 0 Å². The second kappa shape index (κ2) is 9.91. The smallest absolute Gasteiger partial charge is 0.126 e. The molecule has 0 radical (unpaired) electrons. The minimum atomic E-state index is -0.105. The van der Waals surface area contributed by atoms with E-state index in [0.29, 0.717) is 5.56 Å². The van der Waals surface area contributed by atoms with Crippen LogP contribution in [0.4, 0.5) is 4.39 Å². The zero-order valence-corrected chi connectivity index (χ0v) is 14.1. The van der Waals surface area contributed by atoms with E-state index in [1.54, 1.807) is 6.07 Å². The number of hydrogen-bond acceptors (Lipinski definition) is 2. The fourth-order valence-electron chi connectivity index (χ4n) is 2.55. The van der Waals surface area contributed by atoms with Gasteiger partial charge in [-0.2, -0.15) is 0 Å². The van der Waals surface area contributed by atoms with Crippen LogP contribution in [0.2, 0.25) is 0 Å². The van der Waals surface area contributed by atoms with Crippen LogP contribution < -0.4 is 5.32 Å². The molecule has 0 amide bonds. The summed E-state index contributed by atoms with van der Waals surface area (Å²) in [6.07, 6.45) is 4.83. The lowest BCUT2D eigenvalue weighted by atomic mass is 10.0. The molecule has 0 aliphatic rings. The number of unbranched alkanes of at least 4 members (excludes halogenated alkanes) is 2. The zero-order chi connectivity index (χ0) is 15.7. The summed E-state index contributed by atoms with van der Waals surface area (Å²) >= 11 is 0. The van der Waals surface area contributed by atoms with Crippen molar-refractivity contribution in [3.63, 3.8) is 0 Å². The number of nitrogens with one attached hydrogen (secondary N) is 1. The molecule has 1 atom stereocenters. The van der Waals surface area contributed by atoms with E-state index in [-0.39, 0.29) is 11.9 Å². The molecule has 1 rings (SSSR count). The van der Waals surface area contributed by atoms with Gasteiger partial charge in [-0.25, -0.2) is 4.39 Å². The standard InChI is InChI=1S/C18H31FN2/c1-5-7-8-12-21(4)13-11-18(20-6-2)16-10-9-15(3)17(19)14-16/h9-10,14,18,20H,5-8,11-13H2,1-4H3. The van der Waals surface area contributed by atoms with E-state index in [4.69, 9.17) is 0 Å². The molecule has 2 nitrogen and oxygen atoms in total. The molecule has 0 spiro atoms. The highest BCUT2D eigenvalue weighted by Gasteiger charge is 2.12. The third-order valence-corrected chi connectivity index (χ3v) is 3.99. The summed E-state index contributed by atoms with van der Waals surface area (Å²) < 4.78 is 13.7. The molecule has 0 aromatic heterocycles. The van der Waals surface area contributed by atoms with Gasteiger partial charge in [-0.3, -0.25) is 0 Å². The van der Waals surface area contributed by atoms with Gasteiger partial charge in [0.15, 0.2) is 0 Å². The van der Waals surface area contributed by atoms with Crippen LogP contribution in [0.25, 0.3) is 0 Å². The van der Waals surface area contributed by atoms with Crippen LogP contribution in [0.1, 0.15) is 56.7 Å². The Hall–Kier alpha value is -0.930. The Kier molecular flexibility index (Phi) is 8.55. The Morgan fingerprint density at radius 2 is 1.95 bits per heavy atom. The third kappa shape index (κ3) is 6.58. The van der Waals surface area contributed by atoms with Gasteiger partial charge in [-0.1, -0.05) is 38.8 Å². The molecule has 21 heavy (non-hydrogen) atoms. The van der Waals surface area contributed by atoms with Crippen molar-refractivity contribution in [2.24, 2.45) is 0 Å². The topological polar surface area (TPSA) is 15.3 Å². The molecule has 0 aliphatic heterocycles. The minimum Gasteiger partial charge on any atom is -0.310 e. The van der Waals surface area contributed by atoms with Crippen LogP contribution in [0.5, 0.6) is 0 Å². The molecular weight excluding hydrogens is 263 g/mol. The van der Waals surface area contributed by atoms with Crippen LogP contribution >= 0.6 is 0 Å². The maximum Gasteiger partial charge on any atom is 0.126 e. The number of nitrogens with zero attached hydrogens (tertiary/aromatic N) is 1. The van der Waals surface area contributed by atoms with Crippen LogP contribution in [-0.2, 0) is 0 Å². The van der Waals surface area contributed by atoms with Gasteiger partial charge in [0.1, 0.15) is 5.82 Å². The Morgan fingerprint density at radius 3 is 2.57 bits per heavy atom. The van der Waals surface area contributed by atoms with Crippen molar-refractivity contribution >= 4 is 0 Å². The first-order chi connectivity index (χ1) is 10.1. The third-order valence-electron chi connectivity index (χ3n) is 3.99. The van der Waals surface area contributed by atoms with Crippen LogP contribution in [0.15, 0.2) is 18.2 Å². The Labute approximate surface area is 129 Å². The van der Waals surface area contributed by atoms with Crippen LogP contribution in [-0.4, -0.2) is 31.6 Å². The number of rotatable bonds is 10. The van der Waals surface area contributed by atoms with Gasteiger partial charge in [0, 0.05) is 6.04 Å². The van der Waals surface area contributed by atoms with Crippen molar-refractivity contribution in [3.05, 3.63) is 35.1 Å². The molecule has 0 fully saturated rings. The lowest BCUT2D eigenvalue weighted by Crippen LogP contribution is -2.28. The molecule has 3 heteroatoms. The summed E-state index contributed by atoms with van der Waals surface area (Å²) in [6.45, 7) is 9.23. The fourth-order valence-corrected chi connectivity index (χ4v) is 2.55. The summed E-state index contributed by atoms with van der Waals surface area (Å²) in [4.78, 5) is 2.38. The van der Waals surface area contributed by atoms with Crippen molar-refractivity contribution in [1.29, 1.82) is 0 Å². The molecule has 1 aromatic rings. The van der Waals surface area contributed by atoms with Gasteiger partial charge < -0.3 is 10.2 Å². The van der Waals surface area contributed by atoms with E-state index in [1.165, 1.54) is 19.3 Å². The molecule has 120 valence electrons. The van der Waals surface area contributed by atoms with E-state index >= 15 is 0 Å². The summed E-state index contributed by atoms with van der Waals surface area (Å²) in [6, 6.07) is 5.83. The van der Waals surface area contributed by atoms with Gasteiger partial charge >= 0.3 is 0 Å². The van der Waals surface area contributed by atoms with Crippen LogP contribution in [0, 0.1) is 12.7 Å². The lowest BCUT2D eigenvalue weighted by molar-refractivity contribution is 0.301. The molecule has 1 unspecified atom stereocenters. The zero-order valence-electron chi connectivity index (χ0n) is 14.1. The Balaban J connectivity index is 2.54. The summed E-state index contributed by atoms with van der Waals surface area (Å²) in [5.41, 5.74) is 1.77. The summed E-state index contributed by atoms with van der Waals surface area (Å²) in [7, 11) is 2.17. The highest BCUT2D eigenvalue weighted by molar-refractivity contribution is 5.25. The van der Waals surface area contributed by atoms with E-state index in [1.807, 2.05) is 19.1 Å². The lowest BCUT2D eigenvalue weighted by Gasteiger charge is -2.23. The first-order valence-electron chi connectivity index (χ1n) is 8.26. The molecule has 0 aliphatic carbocycles. The first-order valence-corrected chi connectivity index (χ1v) is 8.26. The van der Waals surface area contributed by atoms with Crippen molar-refractivity contribution < 1.29 is 4.39 Å². The molecule has 0 heterocycles. The maximum atomic E-state index is 13.7. The van der Waals surface area contributed by atoms with E-state index in [2.05, 4.69) is 31.1 Å². The average molecular weight is 294 g/mol. The second-order valence-corrected chi connectivity index (χ2v) is 5.92. The predicted molar refractivity (Wildman–Crippen MR) is 89.2 cm³/mol. The SMILES string of the molecule is CCCCCN(C)CCC(NCC)c1ccc(C)c(F)c1. The maximum absolute atomic E-state index is 13.7. The highest BCUT2D eigenvalue weighted by atomic mass is 19.1. The van der Waals surface area contributed by atoms with Gasteiger partial charge in [0.2, 0.25) is 0 Å². The van der Waals surface area contributed by atoms with Gasteiger partial charge in [-0.15, -0.1) is 0 Å². The molecule has 0 saturated heterocycles. The number of benzene rings is 1. The Morgan fingerprint density at radius 1 is 1.19 bits per heavy atom. The number of hydrogen-bond donors (Lipinski definition) is 1. The predicted octanol–water partition coefficient (Wildman–Crippen LogP) is 4.30. The van der Waals surface area contributed by atoms with Crippen molar-refractivity contribution in [2.75, 3.05) is 26.7 Å². The molecule has 1 N–H and O–H groups in total. The van der Waals surface area contributed by atoms with Gasteiger partial charge in [-0.05, 0) is 63.6 Å². The molecular formula is C18H31FN2. The molecule has 0 saturated carbocycles. The van der Waals surface area contributed by atoms with E-state index in [0.717, 1.165) is 31.6 Å². The van der Waals surface area contributed by atoms with Crippen molar-refractivity contribution in [2.45, 2.75) is 52.5 Å². The average Bonchev–Trinajstić information content (AvgIpc) is 2.47. The highest BCUT2D eigenvalue weighted by Crippen LogP contribution is 2.20. The quantitative estimate of drug-likeness (QED) is 0.647. The molecule has 0 bridgehead atoms. The largest absolute Gasteiger partial charge is 0.310 e.